The molecule has 0 bridgehead atoms. The van der Waals surface area contributed by atoms with Crippen molar-refractivity contribution in [3.8, 4) is 0 Å². The lowest BCUT2D eigenvalue weighted by atomic mass is 9.98. The van der Waals surface area contributed by atoms with Crippen LogP contribution in [0.3, 0.4) is 0 Å². The third-order valence-electron chi connectivity index (χ3n) is 6.57. The molecule has 0 saturated carbocycles. The summed E-state index contributed by atoms with van der Waals surface area (Å²) in [7, 11) is 0. The summed E-state index contributed by atoms with van der Waals surface area (Å²) in [4.78, 5) is 36.6. The zero-order valence-electron chi connectivity index (χ0n) is 21.4. The van der Waals surface area contributed by atoms with Gasteiger partial charge in [0.25, 0.3) is 5.91 Å². The summed E-state index contributed by atoms with van der Waals surface area (Å²) in [5, 5.41) is 8.78. The Kier molecular flexibility index (Phi) is 8.77. The molecule has 41 heavy (non-hydrogen) atoms. The van der Waals surface area contributed by atoms with Gasteiger partial charge in [0.1, 0.15) is 36.0 Å². The van der Waals surface area contributed by atoms with Crippen molar-refractivity contribution in [2.24, 2.45) is 0 Å². The van der Waals surface area contributed by atoms with Crippen LogP contribution in [0.2, 0.25) is 0 Å². The van der Waals surface area contributed by atoms with Crippen molar-refractivity contribution >= 4 is 28.9 Å². The van der Waals surface area contributed by atoms with E-state index in [1.807, 2.05) is 24.3 Å². The van der Waals surface area contributed by atoms with Gasteiger partial charge in [0.15, 0.2) is 5.78 Å². The Morgan fingerprint density at radius 3 is 2.29 bits per heavy atom. The Bertz CT molecular complexity index is 1530. The number of ketones is 1. The first-order valence-electron chi connectivity index (χ1n) is 12.4. The highest BCUT2D eigenvalue weighted by Gasteiger charge is 2.29. The molecular formula is C30H23F5N2O4. The van der Waals surface area contributed by atoms with Gasteiger partial charge in [0, 0.05) is 30.8 Å². The van der Waals surface area contributed by atoms with E-state index in [2.05, 4.69) is 0 Å². The van der Waals surface area contributed by atoms with Gasteiger partial charge in [-0.3, -0.25) is 14.5 Å². The number of amides is 1. The second-order valence-electron chi connectivity index (χ2n) is 9.28. The molecule has 2 heterocycles. The average molecular weight is 571 g/mol. The number of nitrogens with one attached hydrogen (secondary N) is 1. The first-order valence-corrected chi connectivity index (χ1v) is 12.4. The summed E-state index contributed by atoms with van der Waals surface area (Å²) >= 11 is 0. The molecule has 0 fully saturated rings. The number of quaternary nitrogens is 1. The fraction of sp³-hybridized carbons (Fsp3) is 0.167. The molecule has 1 amide bonds. The first kappa shape index (κ1) is 29.3. The lowest BCUT2D eigenvalue weighted by Gasteiger charge is -2.27. The number of alkyl halides is 3. The van der Waals surface area contributed by atoms with Crippen LogP contribution in [0.4, 0.5) is 27.6 Å². The lowest BCUT2D eigenvalue weighted by Crippen LogP contribution is -3.01. The van der Waals surface area contributed by atoms with Gasteiger partial charge in [0.05, 0.1) is 11.1 Å². The van der Waals surface area contributed by atoms with Gasteiger partial charge in [0.2, 0.25) is 0 Å². The highest BCUT2D eigenvalue weighted by Crippen LogP contribution is 2.24. The third-order valence-corrected chi connectivity index (χ3v) is 6.57. The standard InChI is InChI=1S/C28H22F2N2O2.C2HF3O2/c29-22-8-6-20(7-9-22)21-11-14-31(15-12-21)28(34)24-17-19(5-10-25(24)30)18-32-16-13-27(33)23-3-1-2-4-26(23)32;3-2(4,5)1(6)7/h1-11,13,16-17H,12,14-15,18H2;(H,6,7). The Balaban J connectivity index is 0.000000493. The number of carboxylic acids is 1. The molecular weight excluding hydrogens is 547 g/mol. The van der Waals surface area contributed by atoms with Crippen LogP contribution in [-0.4, -0.2) is 41.8 Å². The third kappa shape index (κ3) is 7.12. The number of carbonyl (C=O) groups is 3. The predicted molar refractivity (Wildman–Crippen MR) is 137 cm³/mol. The van der Waals surface area contributed by atoms with E-state index in [4.69, 9.17) is 9.90 Å². The second kappa shape index (κ2) is 12.3. The minimum absolute atomic E-state index is 0.0347. The maximum Gasteiger partial charge on any atom is 0.430 e. The van der Waals surface area contributed by atoms with Crippen LogP contribution in [0.25, 0.3) is 5.57 Å². The summed E-state index contributed by atoms with van der Waals surface area (Å²) in [6, 6.07) is 18.3. The van der Waals surface area contributed by atoms with Crippen LogP contribution in [0.5, 0.6) is 0 Å². The molecule has 212 valence electrons. The van der Waals surface area contributed by atoms with Gasteiger partial charge in [-0.25, -0.2) is 8.78 Å². The van der Waals surface area contributed by atoms with Crippen LogP contribution >= 0.6 is 0 Å². The smallest absolute Gasteiger partial charge is 0.430 e. The number of allylic oxidation sites excluding steroid dienone is 1. The largest absolute Gasteiger partial charge is 0.542 e. The summed E-state index contributed by atoms with van der Waals surface area (Å²) in [6.07, 6.45) is 0.702. The van der Waals surface area contributed by atoms with E-state index in [0.29, 0.717) is 31.6 Å². The molecule has 5 rings (SSSR count). The molecule has 3 aromatic carbocycles. The van der Waals surface area contributed by atoms with E-state index >= 15 is 0 Å². The molecule has 0 radical (unpaired) electrons. The van der Waals surface area contributed by atoms with Crippen molar-refractivity contribution in [3.05, 3.63) is 119 Å². The SMILES string of the molecule is O=C([O-])C(F)(F)F.O=C1C=C[NH+](Cc2ccc(F)c(C(=O)N3CC=C(c4ccc(F)cc4)CC3)c2)c2ccccc21. The summed E-state index contributed by atoms with van der Waals surface area (Å²) in [5.74, 6) is -4.24. The first-order chi connectivity index (χ1) is 19.4. The molecule has 1 N–H and O–H groups in total. The Labute approximate surface area is 231 Å². The molecule has 2 aliphatic rings. The van der Waals surface area contributed by atoms with Gasteiger partial charge < -0.3 is 14.8 Å². The van der Waals surface area contributed by atoms with Gasteiger partial charge in [-0.1, -0.05) is 36.4 Å². The number of fused-ring (bicyclic) bond motifs is 1. The van der Waals surface area contributed by atoms with Gasteiger partial charge in [-0.15, -0.1) is 0 Å². The topological polar surface area (TPSA) is 81.9 Å². The van der Waals surface area contributed by atoms with Crippen LogP contribution in [-0.2, 0) is 11.3 Å². The number of carbonyl (C=O) groups excluding carboxylic acids is 3. The lowest BCUT2D eigenvalue weighted by molar-refractivity contribution is -0.791. The average Bonchev–Trinajstić information content (AvgIpc) is 2.96. The minimum atomic E-state index is -5.19. The van der Waals surface area contributed by atoms with Crippen LogP contribution < -0.4 is 10.0 Å². The summed E-state index contributed by atoms with van der Waals surface area (Å²) in [5.41, 5.74) is 4.33. The van der Waals surface area contributed by atoms with Crippen molar-refractivity contribution in [3.63, 3.8) is 0 Å². The van der Waals surface area contributed by atoms with E-state index in [9.17, 15) is 31.5 Å². The maximum atomic E-state index is 14.7. The number of aliphatic carboxylic acids is 1. The number of halogens is 5. The van der Waals surface area contributed by atoms with E-state index < -0.39 is 18.0 Å². The number of hydrogen-bond acceptors (Lipinski definition) is 4. The number of nitrogens with zero attached hydrogens (tertiary/aromatic N) is 1. The van der Waals surface area contributed by atoms with Crippen LogP contribution in [0.1, 0.15) is 38.3 Å². The van der Waals surface area contributed by atoms with Crippen molar-refractivity contribution in [1.82, 2.24) is 4.90 Å². The molecule has 11 heteroatoms. The predicted octanol–water partition coefficient (Wildman–Crippen LogP) is 3.62. The Morgan fingerprint density at radius 1 is 0.976 bits per heavy atom. The van der Waals surface area contributed by atoms with Gasteiger partial charge in [-0.05, 0) is 47.9 Å². The molecule has 1 unspecified atom stereocenters. The van der Waals surface area contributed by atoms with E-state index in [1.165, 1.54) is 18.2 Å². The molecule has 0 aliphatic carbocycles. The Hall–Kier alpha value is -4.64. The van der Waals surface area contributed by atoms with E-state index in [0.717, 1.165) is 27.3 Å². The quantitative estimate of drug-likeness (QED) is 0.486. The number of rotatable bonds is 4. The van der Waals surface area contributed by atoms with Crippen LogP contribution in [0.15, 0.2) is 85.1 Å². The zero-order chi connectivity index (χ0) is 29.7. The van der Waals surface area contributed by atoms with E-state index in [1.54, 1.807) is 47.5 Å². The summed E-state index contributed by atoms with van der Waals surface area (Å²) < 4.78 is 59.4. The molecule has 0 saturated heterocycles. The fourth-order valence-corrected chi connectivity index (χ4v) is 4.50. The van der Waals surface area contributed by atoms with E-state index in [-0.39, 0.29) is 23.1 Å². The number of benzene rings is 3. The molecule has 0 spiro atoms. The van der Waals surface area contributed by atoms with Gasteiger partial charge in [-0.2, -0.15) is 13.2 Å². The van der Waals surface area contributed by atoms with Crippen molar-refractivity contribution in [2.45, 2.75) is 19.1 Å². The monoisotopic (exact) mass is 570 g/mol. The minimum Gasteiger partial charge on any atom is -0.542 e. The van der Waals surface area contributed by atoms with Crippen molar-refractivity contribution in [1.29, 1.82) is 0 Å². The van der Waals surface area contributed by atoms with Gasteiger partial charge >= 0.3 is 6.18 Å². The number of carboxylic acid groups (broad SMARTS) is 1. The second-order valence-corrected chi connectivity index (χ2v) is 9.28. The fourth-order valence-electron chi connectivity index (χ4n) is 4.50. The number of para-hydroxylation sites is 1. The molecule has 0 aromatic heterocycles. The summed E-state index contributed by atoms with van der Waals surface area (Å²) in [6.45, 7) is 1.31. The maximum absolute atomic E-state index is 14.7. The molecule has 3 aromatic rings. The zero-order valence-corrected chi connectivity index (χ0v) is 21.4. The Morgan fingerprint density at radius 2 is 1.66 bits per heavy atom. The number of hydrogen-bond donors (Lipinski definition) is 1. The molecule has 6 nitrogen and oxygen atoms in total. The highest BCUT2D eigenvalue weighted by atomic mass is 19.4. The molecule has 1 atom stereocenters. The highest BCUT2D eigenvalue weighted by molar-refractivity contribution is 6.08. The van der Waals surface area contributed by atoms with Crippen molar-refractivity contribution in [2.75, 3.05) is 13.1 Å². The van der Waals surface area contributed by atoms with Crippen LogP contribution in [0, 0.1) is 11.6 Å². The van der Waals surface area contributed by atoms with Crippen molar-refractivity contribution < 1.29 is 46.3 Å². The molecule has 2 aliphatic heterocycles. The normalized spacial score (nSPS) is 16.3.